The Balaban J connectivity index is 1.43. The Morgan fingerprint density at radius 1 is 1.28 bits per heavy atom. The summed E-state index contributed by atoms with van der Waals surface area (Å²) in [5, 5.41) is 6.28. The Morgan fingerprint density at radius 2 is 2.07 bits per heavy atom. The van der Waals surface area contributed by atoms with Crippen LogP contribution >= 0.6 is 0 Å². The molecule has 4 rings (SSSR count). The highest BCUT2D eigenvalue weighted by Crippen LogP contribution is 2.34. The highest BCUT2D eigenvalue weighted by Gasteiger charge is 2.39. The standard InChI is InChI=1S/C18H17F3N4O4/c19-18(20,21)16-11-10-28-8-5-12(11)25(23-16)7-6-22-15(26)9-24-13-3-1-2-4-14(13)29-17(24)27/h1-4H,5-10H2,(H,22,26). The van der Waals surface area contributed by atoms with Crippen LogP contribution in [0.2, 0.25) is 0 Å². The molecule has 0 saturated heterocycles. The molecule has 0 saturated carbocycles. The maximum atomic E-state index is 13.2. The second kappa shape index (κ2) is 7.39. The van der Waals surface area contributed by atoms with Gasteiger partial charge in [0.25, 0.3) is 0 Å². The van der Waals surface area contributed by atoms with Crippen LogP contribution in [-0.2, 0) is 41.8 Å². The number of ether oxygens (including phenoxy) is 1. The van der Waals surface area contributed by atoms with Crippen molar-refractivity contribution in [3.8, 4) is 0 Å². The summed E-state index contributed by atoms with van der Waals surface area (Å²) in [5.74, 6) is -1.11. The van der Waals surface area contributed by atoms with E-state index < -0.39 is 23.5 Å². The van der Waals surface area contributed by atoms with Gasteiger partial charge in [-0.25, -0.2) is 4.79 Å². The van der Waals surface area contributed by atoms with Gasteiger partial charge in [0.2, 0.25) is 5.91 Å². The van der Waals surface area contributed by atoms with Gasteiger partial charge in [-0.05, 0) is 12.1 Å². The van der Waals surface area contributed by atoms with Gasteiger partial charge in [0, 0.05) is 24.2 Å². The molecule has 0 radical (unpaired) electrons. The van der Waals surface area contributed by atoms with Crippen LogP contribution in [0.5, 0.6) is 0 Å². The van der Waals surface area contributed by atoms with E-state index in [1.165, 1.54) is 9.25 Å². The molecule has 0 atom stereocenters. The third-order valence-corrected chi connectivity index (χ3v) is 4.69. The Morgan fingerprint density at radius 3 is 2.86 bits per heavy atom. The lowest BCUT2D eigenvalue weighted by atomic mass is 10.1. The number of hydrogen-bond donors (Lipinski definition) is 1. The van der Waals surface area contributed by atoms with Gasteiger partial charge in [0.05, 0.1) is 25.3 Å². The molecule has 0 aliphatic carbocycles. The number of amides is 1. The number of hydrogen-bond acceptors (Lipinski definition) is 5. The average Bonchev–Trinajstić information content (AvgIpc) is 3.20. The van der Waals surface area contributed by atoms with Crippen LogP contribution in [0, 0.1) is 0 Å². The van der Waals surface area contributed by atoms with Crippen LogP contribution in [0.1, 0.15) is 17.0 Å². The van der Waals surface area contributed by atoms with Gasteiger partial charge in [0.1, 0.15) is 6.54 Å². The van der Waals surface area contributed by atoms with Crippen LogP contribution in [0.15, 0.2) is 33.5 Å². The summed E-state index contributed by atoms with van der Waals surface area (Å²) in [7, 11) is 0. The molecule has 0 spiro atoms. The third kappa shape index (κ3) is 3.77. The van der Waals surface area contributed by atoms with Gasteiger partial charge in [0.15, 0.2) is 11.3 Å². The number of oxazole rings is 1. The lowest BCUT2D eigenvalue weighted by Crippen LogP contribution is -2.33. The normalized spacial score (nSPS) is 14.2. The Kier molecular flexibility index (Phi) is 4.91. The first kappa shape index (κ1) is 19.2. The summed E-state index contributed by atoms with van der Waals surface area (Å²) in [6, 6.07) is 6.70. The smallest absolute Gasteiger partial charge is 0.408 e. The van der Waals surface area contributed by atoms with E-state index in [1.54, 1.807) is 24.3 Å². The molecular weight excluding hydrogens is 393 g/mol. The van der Waals surface area contributed by atoms with Gasteiger partial charge in [-0.2, -0.15) is 18.3 Å². The van der Waals surface area contributed by atoms with Crippen LogP contribution in [0.25, 0.3) is 11.1 Å². The minimum atomic E-state index is -4.57. The highest BCUT2D eigenvalue weighted by molar-refractivity contribution is 5.79. The molecule has 8 nitrogen and oxygen atoms in total. The first-order chi connectivity index (χ1) is 13.8. The number of carbonyl (C=O) groups is 1. The van der Waals surface area contributed by atoms with Crippen LogP contribution in [0.3, 0.4) is 0 Å². The number of para-hydroxylation sites is 2. The van der Waals surface area contributed by atoms with E-state index in [0.29, 0.717) is 29.8 Å². The van der Waals surface area contributed by atoms with Crippen LogP contribution < -0.4 is 11.1 Å². The summed E-state index contributed by atoms with van der Waals surface area (Å²) in [6.07, 6.45) is -4.24. The molecule has 0 unspecified atom stereocenters. The van der Waals surface area contributed by atoms with E-state index in [0.717, 1.165) is 0 Å². The van der Waals surface area contributed by atoms with Gasteiger partial charge in [-0.15, -0.1) is 0 Å². The van der Waals surface area contributed by atoms with E-state index in [1.807, 2.05) is 0 Å². The number of rotatable bonds is 5. The number of carbonyl (C=O) groups excluding carboxylic acids is 1. The van der Waals surface area contributed by atoms with E-state index in [2.05, 4.69) is 10.4 Å². The molecule has 1 amide bonds. The fraction of sp³-hybridized carbons (Fsp3) is 0.389. The highest BCUT2D eigenvalue weighted by atomic mass is 19.4. The van der Waals surface area contributed by atoms with Crippen molar-refractivity contribution >= 4 is 17.0 Å². The fourth-order valence-electron chi connectivity index (χ4n) is 3.39. The second-order valence-electron chi connectivity index (χ2n) is 6.57. The topological polar surface area (TPSA) is 91.3 Å². The van der Waals surface area contributed by atoms with Crippen LogP contribution in [-0.4, -0.2) is 33.4 Å². The lowest BCUT2D eigenvalue weighted by molar-refractivity contribution is -0.142. The van der Waals surface area contributed by atoms with E-state index in [4.69, 9.17) is 9.15 Å². The van der Waals surface area contributed by atoms with Gasteiger partial charge >= 0.3 is 11.9 Å². The molecule has 1 aliphatic heterocycles. The minimum absolute atomic E-state index is 0.0477. The average molecular weight is 410 g/mol. The Bertz CT molecular complexity index is 1110. The first-order valence-corrected chi connectivity index (χ1v) is 8.93. The molecule has 2 aromatic heterocycles. The molecule has 1 aromatic carbocycles. The first-order valence-electron chi connectivity index (χ1n) is 8.93. The van der Waals surface area contributed by atoms with Gasteiger partial charge in [-0.3, -0.25) is 14.0 Å². The summed E-state index contributed by atoms with van der Waals surface area (Å²) < 4.78 is 52.2. The molecule has 154 valence electrons. The van der Waals surface area contributed by atoms with Gasteiger partial charge in [-0.1, -0.05) is 12.1 Å². The summed E-state index contributed by atoms with van der Waals surface area (Å²) in [6.45, 7) is 0.0708. The monoisotopic (exact) mass is 410 g/mol. The van der Waals surface area contributed by atoms with Crippen molar-refractivity contribution in [3.05, 3.63) is 51.8 Å². The second-order valence-corrected chi connectivity index (χ2v) is 6.57. The van der Waals surface area contributed by atoms with E-state index >= 15 is 0 Å². The summed E-state index contributed by atoms with van der Waals surface area (Å²) >= 11 is 0. The lowest BCUT2D eigenvalue weighted by Gasteiger charge is -2.15. The molecule has 1 aliphatic rings. The quantitative estimate of drug-likeness (QED) is 0.692. The fourth-order valence-corrected chi connectivity index (χ4v) is 3.39. The van der Waals surface area contributed by atoms with E-state index in [9.17, 15) is 22.8 Å². The predicted molar refractivity (Wildman–Crippen MR) is 94.1 cm³/mol. The largest absolute Gasteiger partial charge is 0.435 e. The number of nitrogens with zero attached hydrogens (tertiary/aromatic N) is 3. The van der Waals surface area contributed by atoms with Crippen molar-refractivity contribution in [3.63, 3.8) is 0 Å². The number of nitrogens with one attached hydrogen (secondary N) is 1. The molecule has 3 heterocycles. The number of alkyl halides is 3. The minimum Gasteiger partial charge on any atom is -0.408 e. The van der Waals surface area contributed by atoms with Crippen molar-refractivity contribution in [2.45, 2.75) is 32.3 Å². The zero-order valence-electron chi connectivity index (χ0n) is 15.2. The molecule has 1 N–H and O–H groups in total. The number of benzene rings is 1. The SMILES string of the molecule is O=C(Cn1c(=O)oc2ccccc21)NCCn1nc(C(F)(F)F)c2c1CCOC2. The molecule has 0 fully saturated rings. The zero-order valence-corrected chi connectivity index (χ0v) is 15.2. The number of fused-ring (bicyclic) bond motifs is 2. The Hall–Kier alpha value is -3.08. The van der Waals surface area contributed by atoms with Crippen molar-refractivity contribution in [2.75, 3.05) is 13.2 Å². The molecule has 29 heavy (non-hydrogen) atoms. The molecule has 3 aromatic rings. The van der Waals surface area contributed by atoms with Gasteiger partial charge < -0.3 is 14.5 Å². The third-order valence-electron chi connectivity index (χ3n) is 4.69. The molecule has 11 heteroatoms. The zero-order chi connectivity index (χ0) is 20.6. The van der Waals surface area contributed by atoms with Crippen molar-refractivity contribution < 1.29 is 27.1 Å². The maximum absolute atomic E-state index is 13.2. The molecular formula is C18H17F3N4O4. The predicted octanol–water partition coefficient (Wildman–Crippen LogP) is 1.70. The van der Waals surface area contributed by atoms with E-state index in [-0.39, 0.29) is 31.8 Å². The van der Waals surface area contributed by atoms with Crippen molar-refractivity contribution in [2.24, 2.45) is 0 Å². The number of halogens is 3. The molecule has 0 bridgehead atoms. The number of aromatic nitrogens is 3. The maximum Gasteiger partial charge on any atom is 0.435 e. The van der Waals surface area contributed by atoms with Crippen molar-refractivity contribution in [1.82, 2.24) is 19.7 Å². The van der Waals surface area contributed by atoms with Crippen molar-refractivity contribution in [1.29, 1.82) is 0 Å². The summed E-state index contributed by atoms with van der Waals surface area (Å²) in [5.41, 5.74) is 0.426. The van der Waals surface area contributed by atoms with Crippen LogP contribution in [0.4, 0.5) is 13.2 Å². The Labute approximate surface area is 161 Å². The summed E-state index contributed by atoms with van der Waals surface area (Å²) in [4.78, 5) is 24.1.